The molecule has 2 aliphatic heterocycles. The number of fused-ring (bicyclic) bond motifs is 1. The first-order valence-corrected chi connectivity index (χ1v) is 6.65. The van der Waals surface area contributed by atoms with Crippen LogP contribution in [0.1, 0.15) is 25.0 Å². The summed E-state index contributed by atoms with van der Waals surface area (Å²) in [5.41, 5.74) is 5.46. The molecule has 0 spiro atoms. The summed E-state index contributed by atoms with van der Waals surface area (Å²) >= 11 is 0. The van der Waals surface area contributed by atoms with Crippen molar-refractivity contribution < 1.29 is 17.9 Å². The molecule has 0 aromatic carbocycles. The Morgan fingerprint density at radius 2 is 2.15 bits per heavy atom. The van der Waals surface area contributed by atoms with E-state index in [-0.39, 0.29) is 19.0 Å². The molecule has 3 heterocycles. The first-order chi connectivity index (χ1) is 9.32. The van der Waals surface area contributed by atoms with Crippen molar-refractivity contribution in [2.45, 2.75) is 43.9 Å². The van der Waals surface area contributed by atoms with Gasteiger partial charge in [0.25, 0.3) is 0 Å². The molecule has 3 unspecified atom stereocenters. The van der Waals surface area contributed by atoms with Gasteiger partial charge < -0.3 is 15.0 Å². The van der Waals surface area contributed by atoms with Crippen LogP contribution >= 0.6 is 0 Å². The zero-order valence-electron chi connectivity index (χ0n) is 11.2. The quantitative estimate of drug-likeness (QED) is 0.838. The van der Waals surface area contributed by atoms with E-state index in [1.807, 2.05) is 6.92 Å². The van der Waals surface area contributed by atoms with Gasteiger partial charge in [-0.15, -0.1) is 10.2 Å². The second-order valence-electron chi connectivity index (χ2n) is 5.87. The fraction of sp³-hybridized carbons (Fsp3) is 0.833. The van der Waals surface area contributed by atoms with Gasteiger partial charge in [0.1, 0.15) is 11.6 Å². The molecule has 112 valence electrons. The van der Waals surface area contributed by atoms with Crippen molar-refractivity contribution in [2.24, 2.45) is 11.7 Å². The normalized spacial score (nSPS) is 34.2. The number of aryl methyl sites for hydroxylation is 1. The molecule has 3 atom stereocenters. The van der Waals surface area contributed by atoms with Gasteiger partial charge in [-0.1, -0.05) is 0 Å². The van der Waals surface area contributed by atoms with Crippen LogP contribution in [0.3, 0.4) is 0 Å². The standard InChI is InChI=1S/C12H17F3N4O/c1-11(6-20-5-8(11)16)10-18-17-9-3-2-7(4-19(9)10)12(13,14)15/h7-8H,2-6,16H2,1H3. The van der Waals surface area contributed by atoms with Crippen molar-refractivity contribution >= 4 is 0 Å². The number of alkyl halides is 3. The van der Waals surface area contributed by atoms with E-state index in [4.69, 9.17) is 10.5 Å². The number of aromatic nitrogens is 3. The molecule has 3 rings (SSSR count). The number of nitrogens with two attached hydrogens (primary N) is 1. The Morgan fingerprint density at radius 1 is 1.40 bits per heavy atom. The van der Waals surface area contributed by atoms with Gasteiger partial charge >= 0.3 is 6.18 Å². The lowest BCUT2D eigenvalue weighted by molar-refractivity contribution is -0.182. The molecule has 2 aliphatic rings. The minimum atomic E-state index is -4.19. The van der Waals surface area contributed by atoms with Crippen molar-refractivity contribution in [1.82, 2.24) is 14.8 Å². The number of halogens is 3. The minimum absolute atomic E-state index is 0.0703. The molecular weight excluding hydrogens is 273 g/mol. The van der Waals surface area contributed by atoms with E-state index < -0.39 is 17.5 Å². The minimum Gasteiger partial charge on any atom is -0.379 e. The third kappa shape index (κ3) is 2.01. The van der Waals surface area contributed by atoms with E-state index in [0.29, 0.717) is 31.3 Å². The lowest BCUT2D eigenvalue weighted by atomic mass is 9.84. The maximum Gasteiger partial charge on any atom is 0.393 e. The zero-order valence-corrected chi connectivity index (χ0v) is 11.2. The second kappa shape index (κ2) is 4.42. The highest BCUT2D eigenvalue weighted by Crippen LogP contribution is 2.37. The largest absolute Gasteiger partial charge is 0.393 e. The van der Waals surface area contributed by atoms with E-state index in [1.54, 1.807) is 4.57 Å². The Morgan fingerprint density at radius 3 is 2.75 bits per heavy atom. The maximum atomic E-state index is 12.9. The predicted octanol–water partition coefficient (Wildman–Crippen LogP) is 1.02. The van der Waals surface area contributed by atoms with Crippen molar-refractivity contribution in [3.05, 3.63) is 11.6 Å². The number of nitrogens with zero attached hydrogens (tertiary/aromatic N) is 3. The van der Waals surface area contributed by atoms with Crippen molar-refractivity contribution in [3.8, 4) is 0 Å². The first-order valence-electron chi connectivity index (χ1n) is 6.65. The molecule has 20 heavy (non-hydrogen) atoms. The molecular formula is C12H17F3N4O. The van der Waals surface area contributed by atoms with Crippen molar-refractivity contribution in [3.63, 3.8) is 0 Å². The van der Waals surface area contributed by atoms with Crippen LogP contribution in [0.4, 0.5) is 13.2 Å². The summed E-state index contributed by atoms with van der Waals surface area (Å²) in [7, 11) is 0. The van der Waals surface area contributed by atoms with E-state index >= 15 is 0 Å². The van der Waals surface area contributed by atoms with Gasteiger partial charge in [0, 0.05) is 19.0 Å². The molecule has 8 heteroatoms. The van der Waals surface area contributed by atoms with Gasteiger partial charge in [-0.25, -0.2) is 0 Å². The molecule has 1 aromatic rings. The molecule has 0 aliphatic carbocycles. The van der Waals surface area contributed by atoms with Crippen LogP contribution in [0.15, 0.2) is 0 Å². The van der Waals surface area contributed by atoms with E-state index in [2.05, 4.69) is 10.2 Å². The Balaban J connectivity index is 1.95. The molecule has 1 fully saturated rings. The summed E-state index contributed by atoms with van der Waals surface area (Å²) in [6.45, 7) is 2.51. The Labute approximate surface area is 114 Å². The van der Waals surface area contributed by atoms with Gasteiger partial charge in [-0.05, 0) is 13.3 Å². The van der Waals surface area contributed by atoms with Crippen LogP contribution in [-0.4, -0.2) is 40.2 Å². The third-order valence-corrected chi connectivity index (χ3v) is 4.44. The number of rotatable bonds is 1. The summed E-state index contributed by atoms with van der Waals surface area (Å²) in [6, 6.07) is -0.276. The Bertz CT molecular complexity index is 515. The smallest absolute Gasteiger partial charge is 0.379 e. The van der Waals surface area contributed by atoms with Gasteiger partial charge in [0.15, 0.2) is 0 Å². The summed E-state index contributed by atoms with van der Waals surface area (Å²) in [4.78, 5) is 0. The predicted molar refractivity (Wildman–Crippen MR) is 64.0 cm³/mol. The molecule has 2 N–H and O–H groups in total. The lowest BCUT2D eigenvalue weighted by Gasteiger charge is -2.31. The van der Waals surface area contributed by atoms with Gasteiger partial charge in [-0.3, -0.25) is 0 Å². The maximum absolute atomic E-state index is 12.9. The van der Waals surface area contributed by atoms with Gasteiger partial charge in [0.05, 0.1) is 24.5 Å². The van der Waals surface area contributed by atoms with Crippen LogP contribution in [0.2, 0.25) is 0 Å². The lowest BCUT2D eigenvalue weighted by Crippen LogP contribution is -2.45. The molecule has 1 aromatic heterocycles. The fourth-order valence-electron chi connectivity index (χ4n) is 2.94. The number of hydrogen-bond donors (Lipinski definition) is 1. The molecule has 1 saturated heterocycles. The molecule has 0 saturated carbocycles. The van der Waals surface area contributed by atoms with E-state index in [9.17, 15) is 13.2 Å². The second-order valence-corrected chi connectivity index (χ2v) is 5.87. The van der Waals surface area contributed by atoms with Crippen LogP contribution in [-0.2, 0) is 23.1 Å². The SMILES string of the molecule is CC1(c2nnc3n2CC(C(F)(F)F)CC3)COCC1N. The topological polar surface area (TPSA) is 66.0 Å². The van der Waals surface area contributed by atoms with Gasteiger partial charge in [0.2, 0.25) is 0 Å². The van der Waals surface area contributed by atoms with Crippen molar-refractivity contribution in [2.75, 3.05) is 13.2 Å². The average molecular weight is 290 g/mol. The highest BCUT2D eigenvalue weighted by Gasteiger charge is 2.47. The van der Waals surface area contributed by atoms with Crippen molar-refractivity contribution in [1.29, 1.82) is 0 Å². The van der Waals surface area contributed by atoms with E-state index in [1.165, 1.54) is 0 Å². The Hall–Kier alpha value is -1.15. The monoisotopic (exact) mass is 290 g/mol. The van der Waals surface area contributed by atoms with Gasteiger partial charge in [-0.2, -0.15) is 13.2 Å². The molecule has 0 bridgehead atoms. The highest BCUT2D eigenvalue weighted by atomic mass is 19.4. The van der Waals surface area contributed by atoms with E-state index in [0.717, 1.165) is 0 Å². The zero-order chi connectivity index (χ0) is 14.5. The summed E-state index contributed by atoms with van der Waals surface area (Å²) in [6.07, 6.45) is -3.82. The fourth-order valence-corrected chi connectivity index (χ4v) is 2.94. The molecule has 0 radical (unpaired) electrons. The Kier molecular flexibility index (Phi) is 3.06. The number of hydrogen-bond acceptors (Lipinski definition) is 4. The molecule has 5 nitrogen and oxygen atoms in total. The first kappa shape index (κ1) is 13.8. The average Bonchev–Trinajstić information content (AvgIpc) is 2.93. The van der Waals surface area contributed by atoms with Crippen LogP contribution < -0.4 is 5.73 Å². The summed E-state index contributed by atoms with van der Waals surface area (Å²) in [5.74, 6) is -0.209. The third-order valence-electron chi connectivity index (χ3n) is 4.44. The number of ether oxygens (including phenoxy) is 1. The van der Waals surface area contributed by atoms with Crippen LogP contribution in [0.5, 0.6) is 0 Å². The summed E-state index contributed by atoms with van der Waals surface area (Å²) in [5, 5.41) is 8.14. The highest BCUT2D eigenvalue weighted by molar-refractivity contribution is 5.17. The summed E-state index contributed by atoms with van der Waals surface area (Å²) < 4.78 is 45.7. The van der Waals surface area contributed by atoms with Crippen LogP contribution in [0.25, 0.3) is 0 Å². The van der Waals surface area contributed by atoms with Crippen LogP contribution in [0, 0.1) is 5.92 Å². The molecule has 0 amide bonds.